The fourth-order valence-electron chi connectivity index (χ4n) is 2.23. The number of benzene rings is 2. The summed E-state index contributed by atoms with van der Waals surface area (Å²) in [6.45, 7) is -0.122. The van der Waals surface area contributed by atoms with Crippen molar-refractivity contribution in [2.75, 3.05) is 13.6 Å². The van der Waals surface area contributed by atoms with Gasteiger partial charge in [-0.2, -0.15) is 0 Å². The Bertz CT molecular complexity index is 886. The average molecular weight is 419 g/mol. The maximum absolute atomic E-state index is 13.8. The molecule has 140 valence electrons. The number of carbonyl (C=O) groups is 1. The van der Waals surface area contributed by atoms with Gasteiger partial charge < -0.3 is 4.90 Å². The Morgan fingerprint density at radius 3 is 2.42 bits per heavy atom. The molecule has 0 bridgehead atoms. The molecule has 0 fully saturated rings. The molecule has 2 rings (SSSR count). The van der Waals surface area contributed by atoms with Crippen LogP contribution in [-0.4, -0.2) is 32.8 Å². The molecule has 0 saturated heterocycles. The maximum atomic E-state index is 13.8. The average Bonchev–Trinajstić information content (AvgIpc) is 2.58. The number of halogens is 3. The highest BCUT2D eigenvalue weighted by molar-refractivity contribution is 7.89. The summed E-state index contributed by atoms with van der Waals surface area (Å²) in [5.41, 5.74) is 0.210. The number of carbonyl (C=O) groups excluding carboxylic acids is 1. The third-order valence-electron chi connectivity index (χ3n) is 3.64. The molecular weight excluding hydrogens is 402 g/mol. The van der Waals surface area contributed by atoms with Crippen LogP contribution in [0.4, 0.5) is 4.39 Å². The molecule has 26 heavy (non-hydrogen) atoms. The van der Waals surface area contributed by atoms with Crippen molar-refractivity contribution in [2.24, 2.45) is 0 Å². The largest absolute Gasteiger partial charge is 0.341 e. The van der Waals surface area contributed by atoms with E-state index < -0.39 is 15.8 Å². The first-order valence-electron chi connectivity index (χ1n) is 7.63. The number of hydrogen-bond acceptors (Lipinski definition) is 3. The zero-order chi connectivity index (χ0) is 19.3. The van der Waals surface area contributed by atoms with Gasteiger partial charge >= 0.3 is 0 Å². The van der Waals surface area contributed by atoms with Crippen molar-refractivity contribution in [3.63, 3.8) is 0 Å². The summed E-state index contributed by atoms with van der Waals surface area (Å²) in [7, 11) is -2.32. The molecule has 0 aliphatic carbocycles. The number of nitrogens with zero attached hydrogens (tertiary/aromatic N) is 1. The minimum atomic E-state index is -3.82. The fraction of sp³-hybridized carbons (Fsp3) is 0.235. The molecular formula is C17H17Cl2FN2O3S. The first-order valence-corrected chi connectivity index (χ1v) is 9.87. The molecule has 0 spiro atoms. The minimum absolute atomic E-state index is 0.0123. The van der Waals surface area contributed by atoms with Crippen LogP contribution in [0.2, 0.25) is 10.0 Å². The van der Waals surface area contributed by atoms with E-state index in [1.807, 2.05) is 0 Å². The van der Waals surface area contributed by atoms with E-state index in [0.29, 0.717) is 0 Å². The molecule has 0 atom stereocenters. The van der Waals surface area contributed by atoms with Gasteiger partial charge in [-0.05, 0) is 24.3 Å². The molecule has 0 aromatic heterocycles. The van der Waals surface area contributed by atoms with E-state index in [1.165, 1.54) is 42.3 Å². The Hall–Kier alpha value is -1.67. The lowest BCUT2D eigenvalue weighted by molar-refractivity contribution is -0.130. The zero-order valence-electron chi connectivity index (χ0n) is 13.9. The second-order valence-electron chi connectivity index (χ2n) is 5.53. The molecule has 1 amide bonds. The topological polar surface area (TPSA) is 66.5 Å². The summed E-state index contributed by atoms with van der Waals surface area (Å²) >= 11 is 11.8. The van der Waals surface area contributed by atoms with Gasteiger partial charge in [-0.3, -0.25) is 4.79 Å². The fourth-order valence-corrected chi connectivity index (χ4v) is 4.00. The predicted octanol–water partition coefficient (Wildman–Crippen LogP) is 3.46. The number of sulfonamides is 1. The highest BCUT2D eigenvalue weighted by Crippen LogP contribution is 2.21. The molecule has 2 aromatic carbocycles. The molecule has 0 unspecified atom stereocenters. The standard InChI is InChI=1S/C17H17Cl2FN2O3S/c1-22(11-12-13(18)6-4-7-15(12)20)17(23)9-10-21-26(24,25)16-8-3-2-5-14(16)19/h2-8,21H,9-11H2,1H3. The van der Waals surface area contributed by atoms with Crippen molar-refractivity contribution in [3.8, 4) is 0 Å². The van der Waals surface area contributed by atoms with Crippen LogP contribution in [0.15, 0.2) is 47.4 Å². The van der Waals surface area contributed by atoms with Crippen LogP contribution >= 0.6 is 23.2 Å². The molecule has 0 aliphatic heterocycles. The van der Waals surface area contributed by atoms with E-state index >= 15 is 0 Å². The van der Waals surface area contributed by atoms with E-state index in [4.69, 9.17) is 23.2 Å². The van der Waals surface area contributed by atoms with Gasteiger partial charge in [0.2, 0.25) is 15.9 Å². The number of nitrogens with one attached hydrogen (secondary N) is 1. The van der Waals surface area contributed by atoms with Crippen molar-refractivity contribution in [3.05, 3.63) is 63.9 Å². The van der Waals surface area contributed by atoms with Crippen molar-refractivity contribution < 1.29 is 17.6 Å². The van der Waals surface area contributed by atoms with E-state index in [2.05, 4.69) is 4.72 Å². The van der Waals surface area contributed by atoms with Crippen LogP contribution in [0.5, 0.6) is 0 Å². The lowest BCUT2D eigenvalue weighted by atomic mass is 10.2. The Kier molecular flexibility index (Phi) is 7.00. The Morgan fingerprint density at radius 2 is 1.77 bits per heavy atom. The Balaban J connectivity index is 1.93. The van der Waals surface area contributed by atoms with Crippen molar-refractivity contribution in [1.82, 2.24) is 9.62 Å². The highest BCUT2D eigenvalue weighted by atomic mass is 35.5. The Labute approximate surface area is 161 Å². The smallest absolute Gasteiger partial charge is 0.242 e. The van der Waals surface area contributed by atoms with Crippen LogP contribution in [-0.2, 0) is 21.4 Å². The van der Waals surface area contributed by atoms with Gasteiger partial charge in [-0.25, -0.2) is 17.5 Å². The molecule has 9 heteroatoms. The van der Waals surface area contributed by atoms with Gasteiger partial charge in [0.1, 0.15) is 10.7 Å². The second-order valence-corrected chi connectivity index (χ2v) is 8.08. The Morgan fingerprint density at radius 1 is 1.12 bits per heavy atom. The normalized spacial score (nSPS) is 11.4. The number of hydrogen-bond donors (Lipinski definition) is 1. The predicted molar refractivity (Wildman–Crippen MR) is 99.1 cm³/mol. The van der Waals surface area contributed by atoms with Gasteiger partial charge in [0.05, 0.1) is 5.02 Å². The van der Waals surface area contributed by atoms with Gasteiger partial charge in [0.25, 0.3) is 0 Å². The summed E-state index contributed by atoms with van der Waals surface area (Å²) in [6.07, 6.45) is -0.0910. The second kappa shape index (κ2) is 8.81. The van der Waals surface area contributed by atoms with E-state index in [1.54, 1.807) is 12.1 Å². The first kappa shape index (κ1) is 20.6. The van der Waals surface area contributed by atoms with Crippen LogP contribution in [0.25, 0.3) is 0 Å². The monoisotopic (exact) mass is 418 g/mol. The molecule has 1 N–H and O–H groups in total. The molecule has 0 saturated carbocycles. The SMILES string of the molecule is CN(Cc1c(F)cccc1Cl)C(=O)CCNS(=O)(=O)c1ccccc1Cl. The van der Waals surface area contributed by atoms with Gasteiger partial charge in [0, 0.05) is 37.1 Å². The summed E-state index contributed by atoms with van der Waals surface area (Å²) in [6, 6.07) is 10.3. The maximum Gasteiger partial charge on any atom is 0.242 e. The van der Waals surface area contributed by atoms with Gasteiger partial charge in [-0.15, -0.1) is 0 Å². The van der Waals surface area contributed by atoms with Gasteiger partial charge in [-0.1, -0.05) is 41.4 Å². The van der Waals surface area contributed by atoms with Crippen molar-refractivity contribution in [1.29, 1.82) is 0 Å². The van der Waals surface area contributed by atoms with Crippen molar-refractivity contribution >= 4 is 39.1 Å². The molecule has 5 nitrogen and oxygen atoms in total. The minimum Gasteiger partial charge on any atom is -0.341 e. The van der Waals surface area contributed by atoms with Crippen LogP contribution in [0.3, 0.4) is 0 Å². The van der Waals surface area contributed by atoms with E-state index in [-0.39, 0.29) is 45.9 Å². The molecule has 2 aromatic rings. The van der Waals surface area contributed by atoms with Crippen molar-refractivity contribution in [2.45, 2.75) is 17.9 Å². The lowest BCUT2D eigenvalue weighted by Crippen LogP contribution is -2.32. The quantitative estimate of drug-likeness (QED) is 0.748. The van der Waals surface area contributed by atoms with E-state index in [9.17, 15) is 17.6 Å². The van der Waals surface area contributed by atoms with Gasteiger partial charge in [0.15, 0.2) is 0 Å². The third kappa shape index (κ3) is 5.17. The van der Waals surface area contributed by atoms with Crippen LogP contribution in [0.1, 0.15) is 12.0 Å². The summed E-state index contributed by atoms with van der Waals surface area (Å²) in [5.74, 6) is -0.859. The number of rotatable bonds is 7. The third-order valence-corrected chi connectivity index (χ3v) is 5.95. The number of amides is 1. The molecule has 0 radical (unpaired) electrons. The summed E-state index contributed by atoms with van der Waals surface area (Å²) in [4.78, 5) is 13.4. The summed E-state index contributed by atoms with van der Waals surface area (Å²) < 4.78 is 40.5. The highest BCUT2D eigenvalue weighted by Gasteiger charge is 2.19. The lowest BCUT2D eigenvalue weighted by Gasteiger charge is -2.18. The first-order chi connectivity index (χ1) is 12.2. The van der Waals surface area contributed by atoms with E-state index in [0.717, 1.165) is 0 Å². The summed E-state index contributed by atoms with van der Waals surface area (Å²) in [5, 5.41) is 0.321. The van der Waals surface area contributed by atoms with Crippen LogP contribution in [0, 0.1) is 5.82 Å². The molecule has 0 heterocycles. The zero-order valence-corrected chi connectivity index (χ0v) is 16.2. The van der Waals surface area contributed by atoms with Crippen LogP contribution < -0.4 is 4.72 Å². The molecule has 0 aliphatic rings.